The third kappa shape index (κ3) is 2.57. The van der Waals surface area contributed by atoms with E-state index < -0.39 is 16.5 Å². The van der Waals surface area contributed by atoms with Gasteiger partial charge in [0, 0.05) is 0 Å². The largest absolute Gasteiger partial charge is 0.432 e. The number of nitrogens with zero attached hydrogens (tertiary/aromatic N) is 2. The number of aromatic nitrogens is 1. The molecule has 0 aliphatic carbocycles. The molecule has 0 fully saturated rings. The van der Waals surface area contributed by atoms with E-state index in [0.29, 0.717) is 5.69 Å². The highest BCUT2D eigenvalue weighted by Crippen LogP contribution is 2.28. The number of amides is 1. The number of carbonyl (C=O) groups is 1. The quantitative estimate of drug-likeness (QED) is 0.436. The topological polar surface area (TPSA) is 136 Å². The van der Waals surface area contributed by atoms with E-state index in [-0.39, 0.29) is 17.3 Å². The van der Waals surface area contributed by atoms with E-state index in [4.69, 9.17) is 10.3 Å². The fourth-order valence-corrected chi connectivity index (χ4v) is 1.62. The highest BCUT2D eigenvalue weighted by Gasteiger charge is 2.25. The number of rotatable bonds is 4. The molecule has 9 nitrogen and oxygen atoms in total. The van der Waals surface area contributed by atoms with Crippen LogP contribution in [0.1, 0.15) is 16.1 Å². The number of nitrogen functional groups attached to an aromatic ring is 1. The van der Waals surface area contributed by atoms with Crippen LogP contribution >= 0.6 is 0 Å². The normalized spacial score (nSPS) is 10.1. The predicted octanol–water partition coefficient (Wildman–Crippen LogP) is 1.43. The summed E-state index contributed by atoms with van der Waals surface area (Å²) in [6.07, 6.45) is 1.35. The highest BCUT2D eigenvalue weighted by atomic mass is 16.6. The van der Waals surface area contributed by atoms with Crippen LogP contribution < -0.4 is 16.6 Å². The number of hydrogen-bond acceptors (Lipinski definition) is 7. The van der Waals surface area contributed by atoms with Gasteiger partial charge < -0.3 is 9.84 Å². The minimum absolute atomic E-state index is 0.0336. The zero-order valence-electron chi connectivity index (χ0n) is 10.4. The van der Waals surface area contributed by atoms with Crippen LogP contribution in [0, 0.1) is 17.0 Å². The molecule has 104 valence electrons. The predicted molar refractivity (Wildman–Crippen MR) is 70.1 cm³/mol. The Balaban J connectivity index is 2.36. The molecular formula is C11H11N5O4. The minimum Gasteiger partial charge on any atom is -0.432 e. The number of nitro groups is 1. The van der Waals surface area contributed by atoms with Gasteiger partial charge in [-0.3, -0.25) is 26.1 Å². The fourth-order valence-electron chi connectivity index (χ4n) is 1.62. The molecule has 2 aromatic rings. The lowest BCUT2D eigenvalue weighted by atomic mass is 10.1. The maximum absolute atomic E-state index is 12.0. The van der Waals surface area contributed by atoms with E-state index in [9.17, 15) is 14.9 Å². The van der Waals surface area contributed by atoms with Crippen LogP contribution in [0.15, 0.2) is 28.9 Å². The van der Waals surface area contributed by atoms with Gasteiger partial charge in [-0.15, -0.1) is 0 Å². The van der Waals surface area contributed by atoms with E-state index in [1.54, 1.807) is 6.92 Å². The lowest BCUT2D eigenvalue weighted by molar-refractivity contribution is -0.384. The maximum atomic E-state index is 12.0. The number of oxazole rings is 1. The van der Waals surface area contributed by atoms with Crippen molar-refractivity contribution in [2.45, 2.75) is 6.92 Å². The Morgan fingerprint density at radius 1 is 1.50 bits per heavy atom. The highest BCUT2D eigenvalue weighted by molar-refractivity contribution is 6.07. The molecule has 1 amide bonds. The van der Waals surface area contributed by atoms with Crippen molar-refractivity contribution in [1.82, 2.24) is 4.98 Å². The standard InChI is InChI=1S/C11H11N5O4/c1-6-5-20-11(13-6)14-10(17)7-3-2-4-8(15-12)9(7)16(18)19/h2-5,15H,12H2,1H3,(H,13,14,17). The molecule has 9 heteroatoms. The molecule has 0 atom stereocenters. The number of benzene rings is 1. The van der Waals surface area contributed by atoms with Crippen molar-refractivity contribution in [1.29, 1.82) is 0 Å². The van der Waals surface area contributed by atoms with Crippen molar-refractivity contribution >= 4 is 23.3 Å². The van der Waals surface area contributed by atoms with Gasteiger partial charge in [-0.25, -0.2) is 0 Å². The zero-order chi connectivity index (χ0) is 14.7. The number of hydrazine groups is 1. The summed E-state index contributed by atoms with van der Waals surface area (Å²) in [4.78, 5) is 26.3. The average Bonchev–Trinajstić information content (AvgIpc) is 2.82. The Labute approximate surface area is 112 Å². The molecule has 0 bridgehead atoms. The van der Waals surface area contributed by atoms with Crippen LogP contribution in [-0.4, -0.2) is 15.8 Å². The summed E-state index contributed by atoms with van der Waals surface area (Å²) in [5.41, 5.74) is 2.22. The average molecular weight is 277 g/mol. The van der Waals surface area contributed by atoms with Gasteiger partial charge in [-0.1, -0.05) is 6.07 Å². The summed E-state index contributed by atoms with van der Waals surface area (Å²) in [7, 11) is 0. The number of nitrogens with one attached hydrogen (secondary N) is 2. The van der Waals surface area contributed by atoms with Crippen molar-refractivity contribution < 1.29 is 14.1 Å². The first-order chi connectivity index (χ1) is 9.52. The van der Waals surface area contributed by atoms with Crippen molar-refractivity contribution in [3.63, 3.8) is 0 Å². The first-order valence-electron chi connectivity index (χ1n) is 5.50. The first kappa shape index (κ1) is 13.5. The van der Waals surface area contributed by atoms with Gasteiger partial charge in [0.25, 0.3) is 5.91 Å². The Kier molecular flexibility index (Phi) is 3.62. The number of nitro benzene ring substituents is 1. The molecule has 0 spiro atoms. The van der Waals surface area contributed by atoms with Crippen LogP contribution in [0.2, 0.25) is 0 Å². The molecule has 0 unspecified atom stereocenters. The van der Waals surface area contributed by atoms with E-state index in [0.717, 1.165) is 0 Å². The lowest BCUT2D eigenvalue weighted by Gasteiger charge is -2.06. The molecule has 1 aromatic heterocycles. The third-order valence-electron chi connectivity index (χ3n) is 2.46. The number of carbonyl (C=O) groups excluding carboxylic acids is 1. The number of aryl methyl sites for hydroxylation is 1. The smallest absolute Gasteiger partial charge is 0.306 e. The van der Waals surface area contributed by atoms with E-state index in [1.807, 2.05) is 0 Å². The Bertz CT molecular complexity index is 667. The summed E-state index contributed by atoms with van der Waals surface area (Å²) >= 11 is 0. The molecule has 0 saturated carbocycles. The molecule has 20 heavy (non-hydrogen) atoms. The molecule has 0 aliphatic heterocycles. The molecule has 1 heterocycles. The van der Waals surface area contributed by atoms with Crippen molar-refractivity contribution in [2.24, 2.45) is 5.84 Å². The van der Waals surface area contributed by atoms with Gasteiger partial charge in [-0.2, -0.15) is 4.98 Å². The SMILES string of the molecule is Cc1coc(NC(=O)c2cccc(NN)c2[N+](=O)[O-])n1. The van der Waals surface area contributed by atoms with E-state index in [1.165, 1.54) is 24.5 Å². The maximum Gasteiger partial charge on any atom is 0.306 e. The van der Waals surface area contributed by atoms with Gasteiger partial charge in [0.2, 0.25) is 0 Å². The van der Waals surface area contributed by atoms with Crippen LogP contribution in [0.4, 0.5) is 17.4 Å². The lowest BCUT2D eigenvalue weighted by Crippen LogP contribution is -2.16. The van der Waals surface area contributed by atoms with Gasteiger partial charge in [0.1, 0.15) is 17.5 Å². The molecule has 4 N–H and O–H groups in total. The summed E-state index contributed by atoms with van der Waals surface area (Å²) in [5.74, 6) is 4.48. The molecule has 2 rings (SSSR count). The van der Waals surface area contributed by atoms with Crippen LogP contribution in [0.25, 0.3) is 0 Å². The second kappa shape index (κ2) is 5.36. The Morgan fingerprint density at radius 2 is 2.25 bits per heavy atom. The van der Waals surface area contributed by atoms with Gasteiger partial charge >= 0.3 is 11.7 Å². The molecule has 0 radical (unpaired) electrons. The van der Waals surface area contributed by atoms with Crippen LogP contribution in [0.5, 0.6) is 0 Å². The third-order valence-corrected chi connectivity index (χ3v) is 2.46. The van der Waals surface area contributed by atoms with E-state index in [2.05, 4.69) is 15.7 Å². The monoisotopic (exact) mass is 277 g/mol. The molecule has 0 aliphatic rings. The number of hydrogen-bond donors (Lipinski definition) is 3. The molecular weight excluding hydrogens is 266 g/mol. The molecule has 0 saturated heterocycles. The zero-order valence-corrected chi connectivity index (χ0v) is 10.4. The second-order valence-corrected chi connectivity index (χ2v) is 3.85. The van der Waals surface area contributed by atoms with Crippen LogP contribution in [-0.2, 0) is 0 Å². The first-order valence-corrected chi connectivity index (χ1v) is 5.50. The summed E-state index contributed by atoms with van der Waals surface area (Å²) in [6, 6.07) is 4.14. The molecule has 1 aromatic carbocycles. The number of anilines is 2. The summed E-state index contributed by atoms with van der Waals surface area (Å²) < 4.78 is 4.96. The fraction of sp³-hybridized carbons (Fsp3) is 0.0909. The van der Waals surface area contributed by atoms with Crippen molar-refractivity contribution in [3.8, 4) is 0 Å². The summed E-state index contributed by atoms with van der Waals surface area (Å²) in [6.45, 7) is 1.68. The van der Waals surface area contributed by atoms with Crippen molar-refractivity contribution in [2.75, 3.05) is 10.7 Å². The Morgan fingerprint density at radius 3 is 2.80 bits per heavy atom. The number of para-hydroxylation sites is 1. The Hall–Kier alpha value is -2.94. The van der Waals surface area contributed by atoms with Crippen LogP contribution in [0.3, 0.4) is 0 Å². The van der Waals surface area contributed by atoms with E-state index >= 15 is 0 Å². The second-order valence-electron chi connectivity index (χ2n) is 3.85. The van der Waals surface area contributed by atoms with Gasteiger partial charge in [-0.05, 0) is 19.1 Å². The van der Waals surface area contributed by atoms with Gasteiger partial charge in [0.05, 0.1) is 10.6 Å². The van der Waals surface area contributed by atoms with Crippen molar-refractivity contribution in [3.05, 3.63) is 45.8 Å². The number of nitrogens with two attached hydrogens (primary N) is 1. The minimum atomic E-state index is -0.712. The summed E-state index contributed by atoms with van der Waals surface area (Å²) in [5, 5.41) is 13.4. The van der Waals surface area contributed by atoms with Gasteiger partial charge in [0.15, 0.2) is 0 Å².